The van der Waals surface area contributed by atoms with Crippen molar-refractivity contribution in [2.24, 2.45) is 0 Å². The van der Waals surface area contributed by atoms with E-state index in [2.05, 4.69) is 39.8 Å². The van der Waals surface area contributed by atoms with E-state index in [0.29, 0.717) is 0 Å². The van der Waals surface area contributed by atoms with Crippen molar-refractivity contribution in [3.8, 4) is 5.75 Å². The quantitative estimate of drug-likeness (QED) is 0.816. The second-order valence-corrected chi connectivity index (χ2v) is 7.15. The molecule has 0 amide bonds. The van der Waals surface area contributed by atoms with Gasteiger partial charge in [0.25, 0.3) is 6.55 Å². The summed E-state index contributed by atoms with van der Waals surface area (Å²) < 4.78 is 18.5. The number of methoxy groups -OCH3 is 1. The molecule has 1 saturated heterocycles. The Labute approximate surface area is 138 Å². The SMILES string of the molecule is COc1ccc([B-]2(c3ccccc3)OC(C)(C)C(C)(C)O2)cc1. The van der Waals surface area contributed by atoms with Crippen LogP contribution in [0, 0.1) is 0 Å². The molecule has 4 heteroatoms. The molecule has 1 heterocycles. The van der Waals surface area contributed by atoms with Gasteiger partial charge in [-0.25, -0.2) is 0 Å². The van der Waals surface area contributed by atoms with E-state index >= 15 is 0 Å². The first-order chi connectivity index (χ1) is 10.8. The molecule has 0 saturated carbocycles. The van der Waals surface area contributed by atoms with Crippen molar-refractivity contribution in [2.45, 2.75) is 38.9 Å². The number of hydrogen-bond donors (Lipinski definition) is 0. The summed E-state index contributed by atoms with van der Waals surface area (Å²) in [6.45, 7) is 6.61. The van der Waals surface area contributed by atoms with Gasteiger partial charge in [0, 0.05) is 11.2 Å². The van der Waals surface area contributed by atoms with Gasteiger partial charge in [-0.15, -0.1) is 10.9 Å². The molecule has 1 aliphatic rings. The molecular formula is C19H24BO3-. The third kappa shape index (κ3) is 2.56. The van der Waals surface area contributed by atoms with E-state index in [1.807, 2.05) is 42.5 Å². The lowest BCUT2D eigenvalue weighted by Crippen LogP contribution is -2.61. The predicted molar refractivity (Wildman–Crippen MR) is 94.8 cm³/mol. The third-order valence-electron chi connectivity index (χ3n) is 5.16. The molecule has 2 aromatic rings. The maximum absolute atomic E-state index is 6.60. The molecule has 0 spiro atoms. The zero-order valence-corrected chi connectivity index (χ0v) is 14.5. The maximum Gasteiger partial charge on any atom is 0.299 e. The van der Waals surface area contributed by atoms with E-state index in [-0.39, 0.29) is 0 Å². The second kappa shape index (κ2) is 5.39. The highest BCUT2D eigenvalue weighted by Gasteiger charge is 2.52. The lowest BCUT2D eigenvalue weighted by molar-refractivity contribution is 0.00578. The van der Waals surface area contributed by atoms with Crippen LogP contribution in [0.5, 0.6) is 5.75 Å². The molecule has 0 aromatic heterocycles. The zero-order valence-electron chi connectivity index (χ0n) is 14.5. The van der Waals surface area contributed by atoms with Crippen molar-refractivity contribution in [1.82, 2.24) is 0 Å². The van der Waals surface area contributed by atoms with Crippen molar-refractivity contribution < 1.29 is 14.0 Å². The van der Waals surface area contributed by atoms with Gasteiger partial charge < -0.3 is 14.0 Å². The summed E-state index contributed by atoms with van der Waals surface area (Å²) >= 11 is 0. The van der Waals surface area contributed by atoms with Crippen LogP contribution in [-0.4, -0.2) is 24.9 Å². The third-order valence-corrected chi connectivity index (χ3v) is 5.16. The van der Waals surface area contributed by atoms with Gasteiger partial charge in [0.05, 0.1) is 7.11 Å². The zero-order chi connectivity index (χ0) is 16.7. The van der Waals surface area contributed by atoms with Gasteiger partial charge in [-0.05, 0) is 39.8 Å². The van der Waals surface area contributed by atoms with Gasteiger partial charge in [0.2, 0.25) is 0 Å². The molecule has 1 aliphatic heterocycles. The first-order valence-corrected chi connectivity index (χ1v) is 8.05. The Kier molecular flexibility index (Phi) is 3.78. The van der Waals surface area contributed by atoms with E-state index < -0.39 is 17.8 Å². The Balaban J connectivity index is 2.16. The predicted octanol–water partition coefficient (Wildman–Crippen LogP) is 2.86. The standard InChI is InChI=1S/C19H24BO3/c1-18(2)19(3,4)23-20(22-18,15-9-7-6-8-10-15)16-11-13-17(21-5)14-12-16/h6-14H,1-5H3/q-1. The second-order valence-electron chi connectivity index (χ2n) is 7.15. The summed E-state index contributed by atoms with van der Waals surface area (Å²) in [7, 11) is 1.67. The molecule has 0 atom stereocenters. The minimum Gasteiger partial charge on any atom is -0.554 e. The first-order valence-electron chi connectivity index (χ1n) is 8.05. The van der Waals surface area contributed by atoms with Crippen LogP contribution in [-0.2, 0) is 9.31 Å². The highest BCUT2D eigenvalue weighted by atomic mass is 16.7. The van der Waals surface area contributed by atoms with Crippen LogP contribution in [0.2, 0.25) is 0 Å². The lowest BCUT2D eigenvalue weighted by Gasteiger charge is -2.38. The summed E-state index contributed by atoms with van der Waals surface area (Å²) in [6, 6.07) is 18.2. The number of rotatable bonds is 3. The molecule has 122 valence electrons. The largest absolute Gasteiger partial charge is 0.554 e. The smallest absolute Gasteiger partial charge is 0.299 e. The average molecular weight is 311 g/mol. The van der Waals surface area contributed by atoms with Crippen LogP contribution >= 0.6 is 0 Å². The molecule has 3 nitrogen and oxygen atoms in total. The molecule has 1 fully saturated rings. The molecule has 0 bridgehead atoms. The van der Waals surface area contributed by atoms with Crippen molar-refractivity contribution in [2.75, 3.05) is 7.11 Å². The number of hydrogen-bond acceptors (Lipinski definition) is 3. The minimum absolute atomic E-state index is 0.400. The fourth-order valence-electron chi connectivity index (χ4n) is 3.17. The molecule has 3 rings (SSSR count). The summed E-state index contributed by atoms with van der Waals surface area (Å²) in [5, 5.41) is 0. The van der Waals surface area contributed by atoms with Crippen LogP contribution in [0.4, 0.5) is 0 Å². The van der Waals surface area contributed by atoms with E-state index in [1.54, 1.807) is 7.11 Å². The van der Waals surface area contributed by atoms with Crippen molar-refractivity contribution >= 4 is 17.5 Å². The van der Waals surface area contributed by atoms with E-state index in [9.17, 15) is 0 Å². The molecule has 23 heavy (non-hydrogen) atoms. The van der Waals surface area contributed by atoms with Gasteiger partial charge in [0.1, 0.15) is 5.75 Å². The van der Waals surface area contributed by atoms with Crippen molar-refractivity contribution in [3.63, 3.8) is 0 Å². The Morgan fingerprint density at radius 2 is 1.22 bits per heavy atom. The number of ether oxygens (including phenoxy) is 1. The highest BCUT2D eigenvalue weighted by Crippen LogP contribution is 2.41. The monoisotopic (exact) mass is 311 g/mol. The van der Waals surface area contributed by atoms with Crippen LogP contribution in [0.25, 0.3) is 0 Å². The van der Waals surface area contributed by atoms with E-state index in [4.69, 9.17) is 14.0 Å². The fraction of sp³-hybridized carbons (Fsp3) is 0.368. The molecular weight excluding hydrogens is 287 g/mol. The van der Waals surface area contributed by atoms with Gasteiger partial charge >= 0.3 is 0 Å². The van der Waals surface area contributed by atoms with Gasteiger partial charge in [-0.3, -0.25) is 0 Å². The van der Waals surface area contributed by atoms with Crippen molar-refractivity contribution in [3.05, 3.63) is 54.6 Å². The first kappa shape index (κ1) is 16.1. The Morgan fingerprint density at radius 3 is 1.70 bits per heavy atom. The van der Waals surface area contributed by atoms with Gasteiger partial charge in [-0.1, -0.05) is 42.5 Å². The molecule has 0 radical (unpaired) electrons. The van der Waals surface area contributed by atoms with Crippen LogP contribution in [0.3, 0.4) is 0 Å². The summed E-state index contributed by atoms with van der Waals surface area (Å²) in [4.78, 5) is 0. The average Bonchev–Trinajstić information content (AvgIpc) is 2.74. The molecule has 0 N–H and O–H groups in total. The minimum atomic E-state index is -1.74. The fourth-order valence-corrected chi connectivity index (χ4v) is 3.17. The maximum atomic E-state index is 6.60. The van der Waals surface area contributed by atoms with E-state index in [1.165, 1.54) is 0 Å². The molecule has 0 unspecified atom stereocenters. The van der Waals surface area contributed by atoms with Crippen LogP contribution < -0.4 is 15.7 Å². The Hall–Kier alpha value is -1.78. The topological polar surface area (TPSA) is 27.7 Å². The highest BCUT2D eigenvalue weighted by molar-refractivity contribution is 6.93. The number of benzene rings is 2. The lowest BCUT2D eigenvalue weighted by atomic mass is 9.46. The molecule has 2 aromatic carbocycles. The molecule has 0 aliphatic carbocycles. The van der Waals surface area contributed by atoms with Crippen LogP contribution in [0.15, 0.2) is 54.6 Å². The van der Waals surface area contributed by atoms with E-state index in [0.717, 1.165) is 16.7 Å². The Morgan fingerprint density at radius 1 is 0.739 bits per heavy atom. The normalized spacial score (nSPS) is 21.1. The van der Waals surface area contributed by atoms with Gasteiger partial charge in [-0.2, -0.15) is 0 Å². The Bertz CT molecular complexity index is 662. The van der Waals surface area contributed by atoms with Crippen LogP contribution in [0.1, 0.15) is 27.7 Å². The van der Waals surface area contributed by atoms with Crippen molar-refractivity contribution in [1.29, 1.82) is 0 Å². The summed E-state index contributed by atoms with van der Waals surface area (Å²) in [5.41, 5.74) is 1.28. The summed E-state index contributed by atoms with van der Waals surface area (Å²) in [5.74, 6) is 0.823. The summed E-state index contributed by atoms with van der Waals surface area (Å²) in [6.07, 6.45) is 0. The van der Waals surface area contributed by atoms with Gasteiger partial charge in [0.15, 0.2) is 0 Å².